The van der Waals surface area contributed by atoms with Gasteiger partial charge in [0, 0.05) is 29.1 Å². The maximum atomic E-state index is 12.6. The van der Waals surface area contributed by atoms with Gasteiger partial charge in [0.2, 0.25) is 0 Å². The molecule has 0 aliphatic carbocycles. The molecule has 25 heavy (non-hydrogen) atoms. The number of pyridine rings is 1. The summed E-state index contributed by atoms with van der Waals surface area (Å²) in [7, 11) is 0. The van der Waals surface area contributed by atoms with Crippen molar-refractivity contribution in [2.24, 2.45) is 0 Å². The molecule has 3 rings (SSSR count). The fourth-order valence-corrected chi connectivity index (χ4v) is 2.36. The van der Waals surface area contributed by atoms with E-state index in [1.807, 2.05) is 30.3 Å². The predicted octanol–water partition coefficient (Wildman–Crippen LogP) is 4.93. The Hall–Kier alpha value is -3.02. The van der Waals surface area contributed by atoms with Crippen molar-refractivity contribution in [1.82, 2.24) is 4.98 Å². The summed E-state index contributed by atoms with van der Waals surface area (Å²) in [5.41, 5.74) is 7.64. The van der Waals surface area contributed by atoms with Crippen LogP contribution in [-0.4, -0.2) is 4.98 Å². The minimum atomic E-state index is -4.46. The van der Waals surface area contributed by atoms with Gasteiger partial charge in [-0.15, -0.1) is 0 Å². The average Bonchev–Trinajstić information content (AvgIpc) is 2.60. The molecule has 0 fully saturated rings. The molecule has 0 aliphatic rings. The van der Waals surface area contributed by atoms with E-state index in [0.717, 1.165) is 11.6 Å². The molecule has 1 aromatic heterocycles. The van der Waals surface area contributed by atoms with Crippen LogP contribution < -0.4 is 10.5 Å². The normalized spacial score (nSPS) is 11.3. The fourth-order valence-electron chi connectivity index (χ4n) is 2.36. The number of nitrogens with zero attached hydrogens (tertiary/aromatic N) is 1. The van der Waals surface area contributed by atoms with Gasteiger partial charge in [-0.05, 0) is 23.8 Å². The first-order valence-electron chi connectivity index (χ1n) is 7.53. The van der Waals surface area contributed by atoms with Crippen LogP contribution >= 0.6 is 0 Å². The van der Waals surface area contributed by atoms with E-state index in [2.05, 4.69) is 4.98 Å². The second-order valence-corrected chi connectivity index (χ2v) is 5.45. The van der Waals surface area contributed by atoms with Crippen molar-refractivity contribution >= 4 is 5.69 Å². The average molecular weight is 344 g/mol. The highest BCUT2D eigenvalue weighted by atomic mass is 19.4. The fraction of sp³-hybridized carbons (Fsp3) is 0.105. The Bertz CT molecular complexity index is 847. The second-order valence-electron chi connectivity index (χ2n) is 5.45. The molecule has 6 heteroatoms. The number of nitrogens with two attached hydrogens (primary N) is 1. The Morgan fingerprint density at radius 1 is 0.960 bits per heavy atom. The number of anilines is 1. The van der Waals surface area contributed by atoms with Crippen LogP contribution in [0.2, 0.25) is 0 Å². The Morgan fingerprint density at radius 2 is 1.72 bits per heavy atom. The Balaban J connectivity index is 1.75. The van der Waals surface area contributed by atoms with Gasteiger partial charge >= 0.3 is 6.18 Å². The second kappa shape index (κ2) is 6.84. The van der Waals surface area contributed by atoms with Crippen LogP contribution in [0.3, 0.4) is 0 Å². The maximum absolute atomic E-state index is 12.6. The number of alkyl halides is 3. The van der Waals surface area contributed by atoms with Crippen molar-refractivity contribution < 1.29 is 17.9 Å². The maximum Gasteiger partial charge on any atom is 0.433 e. The van der Waals surface area contributed by atoms with Gasteiger partial charge in [0.25, 0.3) is 0 Å². The lowest BCUT2D eigenvalue weighted by Crippen LogP contribution is -2.07. The van der Waals surface area contributed by atoms with Crippen LogP contribution in [0, 0.1) is 0 Å². The van der Waals surface area contributed by atoms with Gasteiger partial charge in [-0.25, -0.2) is 0 Å². The van der Waals surface area contributed by atoms with E-state index in [1.54, 1.807) is 18.2 Å². The Labute approximate surface area is 142 Å². The van der Waals surface area contributed by atoms with E-state index in [1.165, 1.54) is 12.3 Å². The number of hydrogen-bond acceptors (Lipinski definition) is 3. The third kappa shape index (κ3) is 4.09. The molecule has 128 valence electrons. The van der Waals surface area contributed by atoms with E-state index >= 15 is 0 Å². The molecule has 0 unspecified atom stereocenters. The van der Waals surface area contributed by atoms with Crippen molar-refractivity contribution in [3.05, 3.63) is 78.1 Å². The largest absolute Gasteiger partial charge is 0.489 e. The summed E-state index contributed by atoms with van der Waals surface area (Å²) in [5.74, 6) is 0.588. The van der Waals surface area contributed by atoms with Crippen molar-refractivity contribution in [2.45, 2.75) is 12.8 Å². The summed E-state index contributed by atoms with van der Waals surface area (Å²) in [4.78, 5) is 3.45. The van der Waals surface area contributed by atoms with Gasteiger partial charge in [-0.1, -0.05) is 36.4 Å². The van der Waals surface area contributed by atoms with E-state index in [4.69, 9.17) is 10.5 Å². The third-order valence-corrected chi connectivity index (χ3v) is 3.64. The minimum Gasteiger partial charge on any atom is -0.489 e. The molecular formula is C19H15F3N2O. The van der Waals surface area contributed by atoms with Gasteiger partial charge < -0.3 is 10.5 Å². The molecule has 0 bridgehead atoms. The number of rotatable bonds is 4. The molecule has 2 N–H and O–H groups in total. The molecule has 0 saturated heterocycles. The summed E-state index contributed by atoms with van der Waals surface area (Å²) in [5, 5.41) is 0. The highest BCUT2D eigenvalue weighted by molar-refractivity contribution is 5.76. The first-order valence-corrected chi connectivity index (χ1v) is 7.53. The standard InChI is InChI=1S/C19H15F3N2O/c20-19(21,22)18-9-6-14(11-24-18)16-8-7-15(10-17(16)23)25-12-13-4-2-1-3-5-13/h1-11H,12,23H2. The molecule has 0 saturated carbocycles. The highest BCUT2D eigenvalue weighted by Gasteiger charge is 2.32. The summed E-state index contributed by atoms with van der Waals surface area (Å²) >= 11 is 0. The summed E-state index contributed by atoms with van der Waals surface area (Å²) in [6, 6.07) is 17.1. The number of benzene rings is 2. The lowest BCUT2D eigenvalue weighted by atomic mass is 10.1. The first-order chi connectivity index (χ1) is 11.9. The molecule has 3 aromatic rings. The zero-order valence-electron chi connectivity index (χ0n) is 13.1. The van der Waals surface area contributed by atoms with Gasteiger partial charge in [0.1, 0.15) is 18.1 Å². The molecule has 3 nitrogen and oxygen atoms in total. The summed E-state index contributed by atoms with van der Waals surface area (Å²) < 4.78 is 43.4. The van der Waals surface area contributed by atoms with E-state index in [-0.39, 0.29) is 0 Å². The van der Waals surface area contributed by atoms with Gasteiger partial charge in [-0.2, -0.15) is 13.2 Å². The molecule has 0 amide bonds. The van der Waals surface area contributed by atoms with Gasteiger partial charge in [0.05, 0.1) is 0 Å². The molecular weight excluding hydrogens is 329 g/mol. The Kier molecular flexibility index (Phi) is 4.61. The van der Waals surface area contributed by atoms with Crippen LogP contribution in [0.5, 0.6) is 5.75 Å². The molecule has 2 aromatic carbocycles. The van der Waals surface area contributed by atoms with Crippen molar-refractivity contribution in [1.29, 1.82) is 0 Å². The highest BCUT2D eigenvalue weighted by Crippen LogP contribution is 2.32. The number of hydrogen-bond donors (Lipinski definition) is 1. The van der Waals surface area contributed by atoms with Crippen molar-refractivity contribution in [3.63, 3.8) is 0 Å². The van der Waals surface area contributed by atoms with Crippen LogP contribution in [0.4, 0.5) is 18.9 Å². The van der Waals surface area contributed by atoms with E-state index < -0.39 is 11.9 Å². The zero-order chi connectivity index (χ0) is 17.9. The monoisotopic (exact) mass is 344 g/mol. The number of halogens is 3. The lowest BCUT2D eigenvalue weighted by molar-refractivity contribution is -0.141. The van der Waals surface area contributed by atoms with E-state index in [9.17, 15) is 13.2 Å². The SMILES string of the molecule is Nc1cc(OCc2ccccc2)ccc1-c1ccc(C(F)(F)F)nc1. The molecule has 0 atom stereocenters. The van der Waals surface area contributed by atoms with Crippen LogP contribution in [-0.2, 0) is 12.8 Å². The third-order valence-electron chi connectivity index (χ3n) is 3.64. The predicted molar refractivity (Wildman–Crippen MR) is 89.9 cm³/mol. The quantitative estimate of drug-likeness (QED) is 0.683. The number of nitrogen functional groups attached to an aromatic ring is 1. The lowest BCUT2D eigenvalue weighted by Gasteiger charge is -2.11. The summed E-state index contributed by atoms with van der Waals surface area (Å²) in [6.07, 6.45) is -3.29. The molecule has 0 radical (unpaired) electrons. The topological polar surface area (TPSA) is 48.1 Å². The molecule has 0 aliphatic heterocycles. The van der Waals surface area contributed by atoms with E-state index in [0.29, 0.717) is 29.2 Å². The smallest absolute Gasteiger partial charge is 0.433 e. The molecule has 1 heterocycles. The van der Waals surface area contributed by atoms with Gasteiger partial charge in [0.15, 0.2) is 0 Å². The van der Waals surface area contributed by atoms with Crippen molar-refractivity contribution in [2.75, 3.05) is 5.73 Å². The van der Waals surface area contributed by atoms with Crippen LogP contribution in [0.25, 0.3) is 11.1 Å². The minimum absolute atomic E-state index is 0.404. The summed E-state index contributed by atoms with van der Waals surface area (Å²) in [6.45, 7) is 0.404. The van der Waals surface area contributed by atoms with Gasteiger partial charge in [-0.3, -0.25) is 4.98 Å². The number of aromatic nitrogens is 1. The first kappa shape index (κ1) is 16.8. The Morgan fingerprint density at radius 3 is 2.32 bits per heavy atom. The van der Waals surface area contributed by atoms with Crippen LogP contribution in [0.15, 0.2) is 66.9 Å². The molecule has 0 spiro atoms. The van der Waals surface area contributed by atoms with Crippen LogP contribution in [0.1, 0.15) is 11.3 Å². The van der Waals surface area contributed by atoms with Crippen molar-refractivity contribution in [3.8, 4) is 16.9 Å². The number of ether oxygens (including phenoxy) is 1. The zero-order valence-corrected chi connectivity index (χ0v) is 13.1.